The van der Waals surface area contributed by atoms with Crippen molar-refractivity contribution >= 4 is 27.8 Å². The number of halogens is 1. The van der Waals surface area contributed by atoms with Crippen LogP contribution in [0.1, 0.15) is 29.6 Å². The fourth-order valence-electron chi connectivity index (χ4n) is 3.17. The highest BCUT2D eigenvalue weighted by Crippen LogP contribution is 2.59. The van der Waals surface area contributed by atoms with Crippen LogP contribution in [-0.4, -0.2) is 40.0 Å². The third kappa shape index (κ3) is 2.50. The summed E-state index contributed by atoms with van der Waals surface area (Å²) < 4.78 is 0.329. The Labute approximate surface area is 129 Å². The molecule has 1 aliphatic carbocycles. The van der Waals surface area contributed by atoms with Gasteiger partial charge in [0, 0.05) is 19.3 Å². The Morgan fingerprint density at radius 3 is 2.57 bits per heavy atom. The number of aliphatic carboxylic acids is 1. The summed E-state index contributed by atoms with van der Waals surface area (Å²) in [5.41, 5.74) is 0.0724. The second kappa shape index (κ2) is 4.98. The molecule has 7 heteroatoms. The molecule has 1 saturated heterocycles. The number of hydrogen-bond donors (Lipinski definition) is 2. The van der Waals surface area contributed by atoms with Crippen LogP contribution in [0.4, 0.5) is 0 Å². The summed E-state index contributed by atoms with van der Waals surface area (Å²) in [6.07, 6.45) is 3.62. The van der Waals surface area contributed by atoms with Crippen LogP contribution in [-0.2, 0) is 4.79 Å². The van der Waals surface area contributed by atoms with Crippen molar-refractivity contribution in [1.29, 1.82) is 0 Å². The van der Waals surface area contributed by atoms with Gasteiger partial charge in [0.15, 0.2) is 0 Å². The van der Waals surface area contributed by atoms with E-state index in [0.717, 1.165) is 19.3 Å². The van der Waals surface area contributed by atoms with E-state index in [2.05, 4.69) is 20.9 Å². The highest BCUT2D eigenvalue weighted by Gasteiger charge is 2.59. The molecule has 0 aromatic carbocycles. The van der Waals surface area contributed by atoms with Crippen molar-refractivity contribution in [2.24, 2.45) is 11.3 Å². The number of rotatable bonds is 2. The molecule has 1 unspecified atom stereocenters. The average Bonchev–Trinajstić information content (AvgIpc) is 3.16. The maximum Gasteiger partial charge on any atom is 0.307 e. The van der Waals surface area contributed by atoms with Gasteiger partial charge in [-0.05, 0) is 46.7 Å². The summed E-state index contributed by atoms with van der Waals surface area (Å²) in [4.78, 5) is 38.9. The number of piperidine rings is 1. The number of likely N-dealkylation sites (tertiary alicyclic amines) is 1. The maximum absolute atomic E-state index is 12.4. The van der Waals surface area contributed by atoms with Gasteiger partial charge >= 0.3 is 5.97 Å². The van der Waals surface area contributed by atoms with Crippen LogP contribution in [0, 0.1) is 11.3 Å². The Hall–Kier alpha value is -1.63. The minimum absolute atomic E-state index is 0.0891. The Bertz CT molecular complexity index is 661. The molecule has 1 amide bonds. The van der Waals surface area contributed by atoms with Crippen LogP contribution in [0.5, 0.6) is 0 Å². The summed E-state index contributed by atoms with van der Waals surface area (Å²) in [7, 11) is 0. The molecule has 0 radical (unpaired) electrons. The van der Waals surface area contributed by atoms with E-state index in [1.807, 2.05) is 0 Å². The Kier molecular flexibility index (Phi) is 3.39. The van der Waals surface area contributed by atoms with E-state index >= 15 is 0 Å². The first kappa shape index (κ1) is 14.3. The number of carbonyl (C=O) groups is 2. The fourth-order valence-corrected chi connectivity index (χ4v) is 3.53. The number of H-pyrrole nitrogens is 1. The number of amides is 1. The lowest BCUT2D eigenvalue weighted by Crippen LogP contribution is -2.40. The lowest BCUT2D eigenvalue weighted by Gasteiger charge is -2.32. The van der Waals surface area contributed by atoms with E-state index in [9.17, 15) is 14.4 Å². The van der Waals surface area contributed by atoms with E-state index in [-0.39, 0.29) is 22.8 Å². The molecule has 1 spiro atoms. The van der Waals surface area contributed by atoms with E-state index in [4.69, 9.17) is 5.11 Å². The van der Waals surface area contributed by atoms with Crippen molar-refractivity contribution in [3.05, 3.63) is 32.7 Å². The topological polar surface area (TPSA) is 90.5 Å². The van der Waals surface area contributed by atoms with E-state index in [0.29, 0.717) is 23.1 Å². The smallest absolute Gasteiger partial charge is 0.307 e. The van der Waals surface area contributed by atoms with Crippen LogP contribution in [0.15, 0.2) is 21.5 Å². The third-order valence-corrected chi connectivity index (χ3v) is 5.23. The standard InChI is InChI=1S/C14H15BrN2O4/c15-10-5-8(7-16-11(10)18)12(19)17-3-1-14(2-4-17)6-9(14)13(20)21/h5,7,9H,1-4,6H2,(H,16,18)(H,20,21). The zero-order valence-corrected chi connectivity index (χ0v) is 12.9. The molecule has 21 heavy (non-hydrogen) atoms. The number of nitrogens with zero attached hydrogens (tertiary/aromatic N) is 1. The molecule has 1 atom stereocenters. The summed E-state index contributed by atoms with van der Waals surface area (Å²) in [6.45, 7) is 1.14. The van der Waals surface area contributed by atoms with Crippen molar-refractivity contribution in [3.63, 3.8) is 0 Å². The highest BCUT2D eigenvalue weighted by molar-refractivity contribution is 9.10. The molecule has 2 fully saturated rings. The molecule has 1 saturated carbocycles. The van der Waals surface area contributed by atoms with Crippen LogP contribution in [0.2, 0.25) is 0 Å². The third-order valence-electron chi connectivity index (χ3n) is 4.64. The second-order valence-electron chi connectivity index (χ2n) is 5.81. The van der Waals surface area contributed by atoms with E-state index < -0.39 is 5.97 Å². The van der Waals surface area contributed by atoms with Crippen molar-refractivity contribution in [1.82, 2.24) is 9.88 Å². The minimum Gasteiger partial charge on any atom is -0.481 e. The number of aromatic amines is 1. The van der Waals surface area contributed by atoms with E-state index in [1.54, 1.807) is 4.90 Å². The van der Waals surface area contributed by atoms with Gasteiger partial charge < -0.3 is 15.0 Å². The first-order valence-corrected chi connectivity index (χ1v) is 7.62. The van der Waals surface area contributed by atoms with Crippen LogP contribution < -0.4 is 5.56 Å². The molecule has 0 bridgehead atoms. The van der Waals surface area contributed by atoms with Crippen molar-refractivity contribution in [3.8, 4) is 0 Å². The molecular formula is C14H15BrN2O4. The zero-order valence-electron chi connectivity index (χ0n) is 11.3. The molecular weight excluding hydrogens is 340 g/mol. The molecule has 1 aromatic heterocycles. The summed E-state index contributed by atoms with van der Waals surface area (Å²) in [6, 6.07) is 1.52. The molecule has 112 valence electrons. The Balaban J connectivity index is 1.67. The van der Waals surface area contributed by atoms with Gasteiger partial charge in [-0.15, -0.1) is 0 Å². The monoisotopic (exact) mass is 354 g/mol. The number of carbonyl (C=O) groups excluding carboxylic acids is 1. The zero-order chi connectivity index (χ0) is 15.2. The SMILES string of the molecule is O=C(O)C1CC12CCN(C(=O)c1c[nH]c(=O)c(Br)c1)CC2. The predicted molar refractivity (Wildman–Crippen MR) is 78.1 cm³/mol. The number of carboxylic acid groups (broad SMARTS) is 1. The van der Waals surface area contributed by atoms with Crippen LogP contribution >= 0.6 is 15.9 Å². The van der Waals surface area contributed by atoms with Crippen molar-refractivity contribution in [2.45, 2.75) is 19.3 Å². The second-order valence-corrected chi connectivity index (χ2v) is 6.67. The van der Waals surface area contributed by atoms with Crippen LogP contribution in [0.25, 0.3) is 0 Å². The average molecular weight is 355 g/mol. The number of aromatic nitrogens is 1. The largest absolute Gasteiger partial charge is 0.481 e. The Morgan fingerprint density at radius 2 is 2.05 bits per heavy atom. The van der Waals surface area contributed by atoms with Gasteiger partial charge in [-0.25, -0.2) is 0 Å². The summed E-state index contributed by atoms with van der Waals surface area (Å²) in [5, 5.41) is 9.06. The van der Waals surface area contributed by atoms with Gasteiger partial charge in [0.05, 0.1) is 16.0 Å². The number of pyridine rings is 1. The van der Waals surface area contributed by atoms with Crippen LogP contribution in [0.3, 0.4) is 0 Å². The molecule has 2 heterocycles. The normalized spacial score (nSPS) is 23.1. The number of carboxylic acids is 1. The molecule has 1 aromatic rings. The van der Waals surface area contributed by atoms with Gasteiger partial charge in [0.1, 0.15) is 0 Å². The van der Waals surface area contributed by atoms with Gasteiger partial charge in [0.25, 0.3) is 11.5 Å². The van der Waals surface area contributed by atoms with Crippen molar-refractivity contribution < 1.29 is 14.7 Å². The minimum atomic E-state index is -0.723. The first-order valence-electron chi connectivity index (χ1n) is 6.83. The maximum atomic E-state index is 12.4. The molecule has 2 N–H and O–H groups in total. The molecule has 1 aliphatic heterocycles. The first-order chi connectivity index (χ1) is 9.93. The van der Waals surface area contributed by atoms with Gasteiger partial charge in [-0.1, -0.05) is 0 Å². The van der Waals surface area contributed by atoms with Gasteiger partial charge in [0.2, 0.25) is 0 Å². The lowest BCUT2D eigenvalue weighted by atomic mass is 9.90. The van der Waals surface area contributed by atoms with E-state index in [1.165, 1.54) is 12.3 Å². The summed E-state index contributed by atoms with van der Waals surface area (Å²) >= 11 is 3.11. The summed E-state index contributed by atoms with van der Waals surface area (Å²) in [5.74, 6) is -1.09. The van der Waals surface area contributed by atoms with Crippen molar-refractivity contribution in [2.75, 3.05) is 13.1 Å². The number of nitrogens with one attached hydrogen (secondary N) is 1. The van der Waals surface area contributed by atoms with Gasteiger partial charge in [-0.2, -0.15) is 0 Å². The lowest BCUT2D eigenvalue weighted by molar-refractivity contribution is -0.139. The highest BCUT2D eigenvalue weighted by atomic mass is 79.9. The Morgan fingerprint density at radius 1 is 1.38 bits per heavy atom. The molecule has 3 rings (SSSR count). The van der Waals surface area contributed by atoms with Gasteiger partial charge in [-0.3, -0.25) is 14.4 Å². The fraction of sp³-hybridized carbons (Fsp3) is 0.500. The predicted octanol–water partition coefficient (Wildman–Crippen LogP) is 1.46. The molecule has 2 aliphatic rings. The molecule has 6 nitrogen and oxygen atoms in total. The number of hydrogen-bond acceptors (Lipinski definition) is 3. The quantitative estimate of drug-likeness (QED) is 0.841.